The van der Waals surface area contributed by atoms with Crippen LogP contribution in [-0.2, 0) is 6.42 Å². The predicted molar refractivity (Wildman–Crippen MR) is 80.3 cm³/mol. The van der Waals surface area contributed by atoms with Crippen LogP contribution in [0.4, 0.5) is 0 Å². The Morgan fingerprint density at radius 2 is 2.17 bits per heavy atom. The molecule has 1 N–H and O–H groups in total. The maximum atomic E-state index is 4.43. The molecule has 0 saturated carbocycles. The first-order valence-electron chi connectivity index (χ1n) is 6.83. The summed E-state index contributed by atoms with van der Waals surface area (Å²) < 4.78 is 0. The van der Waals surface area contributed by atoms with Gasteiger partial charge in [0.15, 0.2) is 0 Å². The summed E-state index contributed by atoms with van der Waals surface area (Å²) in [6.45, 7) is 7.89. The minimum atomic E-state index is 0.167. The molecule has 0 aliphatic rings. The van der Waals surface area contributed by atoms with Crippen LogP contribution in [0.5, 0.6) is 0 Å². The van der Waals surface area contributed by atoms with E-state index in [1.807, 2.05) is 6.20 Å². The summed E-state index contributed by atoms with van der Waals surface area (Å²) in [5.74, 6) is 0. The molecule has 1 aromatic heterocycles. The summed E-state index contributed by atoms with van der Waals surface area (Å²) in [6.07, 6.45) is 5.21. The van der Waals surface area contributed by atoms with Gasteiger partial charge in [0.1, 0.15) is 0 Å². The van der Waals surface area contributed by atoms with E-state index in [4.69, 9.17) is 0 Å². The summed E-state index contributed by atoms with van der Waals surface area (Å²) in [5.41, 5.74) is 0.167. The molecule has 4 heteroatoms. The maximum absolute atomic E-state index is 4.43. The van der Waals surface area contributed by atoms with Crippen molar-refractivity contribution >= 4 is 11.3 Å². The van der Waals surface area contributed by atoms with E-state index < -0.39 is 0 Å². The summed E-state index contributed by atoms with van der Waals surface area (Å²) >= 11 is 1.75. The summed E-state index contributed by atoms with van der Waals surface area (Å²) in [7, 11) is 4.35. The maximum Gasteiger partial charge on any atom is 0.0941 e. The molecule has 0 spiro atoms. The van der Waals surface area contributed by atoms with E-state index in [0.717, 1.165) is 19.4 Å². The Hall–Kier alpha value is -0.450. The lowest BCUT2D eigenvalue weighted by Crippen LogP contribution is -2.57. The molecule has 2 atom stereocenters. The van der Waals surface area contributed by atoms with Crippen molar-refractivity contribution in [2.45, 2.75) is 51.6 Å². The molecule has 1 heterocycles. The number of hydrogen-bond donors (Lipinski definition) is 1. The molecule has 3 nitrogen and oxygen atoms in total. The summed E-state index contributed by atoms with van der Waals surface area (Å²) in [5, 5.41) is 6.99. The Labute approximate surface area is 116 Å². The third-order valence-electron chi connectivity index (χ3n) is 3.99. The van der Waals surface area contributed by atoms with E-state index in [1.165, 1.54) is 11.4 Å². The molecule has 0 fully saturated rings. The Morgan fingerprint density at radius 1 is 1.44 bits per heavy atom. The quantitative estimate of drug-likeness (QED) is 0.786. The molecule has 1 aromatic rings. The number of rotatable bonds is 8. The monoisotopic (exact) mass is 269 g/mol. The van der Waals surface area contributed by atoms with Crippen molar-refractivity contribution < 1.29 is 0 Å². The van der Waals surface area contributed by atoms with Crippen LogP contribution in [0.3, 0.4) is 0 Å². The van der Waals surface area contributed by atoms with Crippen LogP contribution in [0, 0.1) is 0 Å². The van der Waals surface area contributed by atoms with Crippen molar-refractivity contribution in [3.05, 3.63) is 16.6 Å². The average molecular weight is 269 g/mol. The largest absolute Gasteiger partial charge is 0.312 e. The zero-order valence-corrected chi connectivity index (χ0v) is 13.2. The lowest BCUT2D eigenvalue weighted by Gasteiger charge is -2.43. The molecule has 0 amide bonds. The fourth-order valence-electron chi connectivity index (χ4n) is 2.23. The van der Waals surface area contributed by atoms with Gasteiger partial charge in [0.05, 0.1) is 5.01 Å². The highest BCUT2D eigenvalue weighted by Gasteiger charge is 2.34. The molecule has 0 radical (unpaired) electrons. The van der Waals surface area contributed by atoms with E-state index in [0.29, 0.717) is 6.04 Å². The van der Waals surface area contributed by atoms with Gasteiger partial charge in [-0.1, -0.05) is 13.8 Å². The first-order chi connectivity index (χ1) is 8.54. The van der Waals surface area contributed by atoms with E-state index >= 15 is 0 Å². The lowest BCUT2D eigenvalue weighted by atomic mass is 9.86. The number of hydrogen-bond acceptors (Lipinski definition) is 4. The number of aromatic nitrogens is 1. The number of thiazole rings is 1. The minimum absolute atomic E-state index is 0.167. The summed E-state index contributed by atoms with van der Waals surface area (Å²) in [6, 6.07) is 0.448. The highest BCUT2D eigenvalue weighted by molar-refractivity contribution is 7.09. The third-order valence-corrected chi connectivity index (χ3v) is 4.79. The van der Waals surface area contributed by atoms with Gasteiger partial charge in [0.2, 0.25) is 0 Å². The van der Waals surface area contributed by atoms with E-state index in [9.17, 15) is 0 Å². The topological polar surface area (TPSA) is 28.2 Å². The SMILES string of the molecule is CCCNC(Cc1nccs1)C(C)(CC)N(C)C. The first kappa shape index (κ1) is 15.6. The van der Waals surface area contributed by atoms with Crippen LogP contribution < -0.4 is 5.32 Å². The fourth-order valence-corrected chi connectivity index (χ4v) is 2.90. The Balaban J connectivity index is 2.82. The van der Waals surface area contributed by atoms with Gasteiger partial charge in [-0.05, 0) is 40.4 Å². The van der Waals surface area contributed by atoms with E-state index in [2.05, 4.69) is 55.4 Å². The highest BCUT2D eigenvalue weighted by Crippen LogP contribution is 2.24. The van der Waals surface area contributed by atoms with Crippen LogP contribution in [0.2, 0.25) is 0 Å². The molecule has 0 saturated heterocycles. The van der Waals surface area contributed by atoms with Gasteiger partial charge in [-0.3, -0.25) is 0 Å². The Kier molecular flexibility index (Phi) is 6.26. The second kappa shape index (κ2) is 7.22. The molecule has 0 aliphatic heterocycles. The van der Waals surface area contributed by atoms with Gasteiger partial charge in [0.25, 0.3) is 0 Å². The van der Waals surface area contributed by atoms with Crippen molar-refractivity contribution in [3.8, 4) is 0 Å². The molecule has 1 rings (SSSR count). The highest BCUT2D eigenvalue weighted by atomic mass is 32.1. The third kappa shape index (κ3) is 3.77. The predicted octanol–water partition coefficient (Wildman–Crippen LogP) is 2.78. The van der Waals surface area contributed by atoms with Gasteiger partial charge in [-0.2, -0.15) is 0 Å². The molecule has 0 bridgehead atoms. The molecule has 0 aliphatic carbocycles. The fraction of sp³-hybridized carbons (Fsp3) is 0.786. The molecule has 0 aromatic carbocycles. The van der Waals surface area contributed by atoms with E-state index in [-0.39, 0.29) is 5.54 Å². The van der Waals surface area contributed by atoms with Gasteiger partial charge in [0, 0.05) is 29.6 Å². The molecular weight excluding hydrogens is 242 g/mol. The van der Waals surface area contributed by atoms with E-state index in [1.54, 1.807) is 11.3 Å². The normalized spacial score (nSPS) is 16.8. The number of nitrogens with zero attached hydrogens (tertiary/aromatic N) is 2. The van der Waals surface area contributed by atoms with Crippen LogP contribution >= 0.6 is 11.3 Å². The minimum Gasteiger partial charge on any atom is -0.312 e. The molecular formula is C14H27N3S. The van der Waals surface area contributed by atoms with Gasteiger partial charge < -0.3 is 10.2 Å². The van der Waals surface area contributed by atoms with Crippen molar-refractivity contribution in [3.63, 3.8) is 0 Å². The standard InChI is InChI=1S/C14H27N3S/c1-6-8-15-12(11-13-16-9-10-18-13)14(3,7-2)17(4)5/h9-10,12,15H,6-8,11H2,1-5H3. The molecule has 18 heavy (non-hydrogen) atoms. The number of nitrogens with one attached hydrogen (secondary N) is 1. The van der Waals surface area contributed by atoms with Gasteiger partial charge in [-0.25, -0.2) is 4.98 Å². The smallest absolute Gasteiger partial charge is 0.0941 e. The van der Waals surface area contributed by atoms with Crippen molar-refractivity contribution in [2.24, 2.45) is 0 Å². The van der Waals surface area contributed by atoms with Crippen LogP contribution in [-0.4, -0.2) is 42.1 Å². The van der Waals surface area contributed by atoms with Gasteiger partial charge in [-0.15, -0.1) is 11.3 Å². The van der Waals surface area contributed by atoms with Crippen LogP contribution in [0.1, 0.15) is 38.6 Å². The van der Waals surface area contributed by atoms with Crippen molar-refractivity contribution in [1.29, 1.82) is 0 Å². The zero-order chi connectivity index (χ0) is 13.6. The van der Waals surface area contributed by atoms with Crippen LogP contribution in [0.15, 0.2) is 11.6 Å². The second-order valence-electron chi connectivity index (χ2n) is 5.24. The van der Waals surface area contributed by atoms with Crippen molar-refractivity contribution in [2.75, 3.05) is 20.6 Å². The number of likely N-dealkylation sites (N-methyl/N-ethyl adjacent to an activating group) is 1. The lowest BCUT2D eigenvalue weighted by molar-refractivity contribution is 0.112. The molecule has 104 valence electrons. The van der Waals surface area contributed by atoms with Gasteiger partial charge >= 0.3 is 0 Å². The average Bonchev–Trinajstić information content (AvgIpc) is 2.86. The Bertz CT molecular complexity index is 324. The zero-order valence-electron chi connectivity index (χ0n) is 12.4. The van der Waals surface area contributed by atoms with Crippen molar-refractivity contribution in [1.82, 2.24) is 15.2 Å². The first-order valence-corrected chi connectivity index (χ1v) is 7.71. The molecule has 2 unspecified atom stereocenters. The summed E-state index contributed by atoms with van der Waals surface area (Å²) in [4.78, 5) is 6.77. The Morgan fingerprint density at radius 3 is 2.61 bits per heavy atom. The second-order valence-corrected chi connectivity index (χ2v) is 6.22. The van der Waals surface area contributed by atoms with Crippen LogP contribution in [0.25, 0.3) is 0 Å².